The lowest BCUT2D eigenvalue weighted by Crippen LogP contribution is -2.57. The van der Waals surface area contributed by atoms with Crippen LogP contribution < -0.4 is 5.32 Å². The molecule has 0 radical (unpaired) electrons. The van der Waals surface area contributed by atoms with Crippen LogP contribution in [0.3, 0.4) is 0 Å². The first kappa shape index (κ1) is 16.3. The highest BCUT2D eigenvalue weighted by Crippen LogP contribution is 2.37. The monoisotopic (exact) mass is 281 g/mol. The molecule has 0 atom stereocenters. The average Bonchev–Trinajstić information content (AvgIpc) is 2.41. The molecule has 0 amide bonds. The van der Waals surface area contributed by atoms with Crippen molar-refractivity contribution in [1.82, 2.24) is 15.1 Å². The van der Waals surface area contributed by atoms with Crippen molar-refractivity contribution in [3.8, 4) is 0 Å². The summed E-state index contributed by atoms with van der Waals surface area (Å²) in [4.78, 5) is 5.04. The molecule has 0 bridgehead atoms. The predicted octanol–water partition coefficient (Wildman–Crippen LogP) is 2.71. The van der Waals surface area contributed by atoms with Gasteiger partial charge in [-0.2, -0.15) is 0 Å². The topological polar surface area (TPSA) is 18.5 Å². The molecule has 2 aliphatic carbocycles. The lowest BCUT2D eigenvalue weighted by atomic mass is 9.75. The van der Waals surface area contributed by atoms with Crippen LogP contribution in [0.2, 0.25) is 0 Å². The van der Waals surface area contributed by atoms with Crippen LogP contribution in [-0.2, 0) is 0 Å². The zero-order valence-electron chi connectivity index (χ0n) is 14.2. The second-order valence-corrected chi connectivity index (χ2v) is 7.55. The van der Waals surface area contributed by atoms with Gasteiger partial charge in [0.15, 0.2) is 0 Å². The summed E-state index contributed by atoms with van der Waals surface area (Å²) in [5.74, 6) is 0. The van der Waals surface area contributed by atoms with Crippen LogP contribution in [0.15, 0.2) is 0 Å². The number of likely N-dealkylation sites (N-methyl/N-ethyl adjacent to an activating group) is 2. The molecule has 3 heteroatoms. The van der Waals surface area contributed by atoms with Crippen LogP contribution in [0.5, 0.6) is 0 Å². The molecule has 0 unspecified atom stereocenters. The van der Waals surface area contributed by atoms with Gasteiger partial charge in [0.25, 0.3) is 0 Å². The van der Waals surface area contributed by atoms with Crippen LogP contribution in [-0.4, -0.2) is 62.2 Å². The fourth-order valence-corrected chi connectivity index (χ4v) is 4.17. The summed E-state index contributed by atoms with van der Waals surface area (Å²) in [7, 11) is 8.99. The third-order valence-corrected chi connectivity index (χ3v) is 6.11. The third kappa shape index (κ3) is 3.55. The Bertz CT molecular complexity index is 291. The van der Waals surface area contributed by atoms with Gasteiger partial charge in [0.2, 0.25) is 0 Å². The first-order valence-electron chi connectivity index (χ1n) is 8.57. The minimum Gasteiger partial charge on any atom is -0.314 e. The molecule has 0 aromatic carbocycles. The highest BCUT2D eigenvalue weighted by atomic mass is 15.2. The lowest BCUT2D eigenvalue weighted by Gasteiger charge is -2.49. The molecule has 2 saturated carbocycles. The normalized spacial score (nSPS) is 24.9. The SMILES string of the molecule is CNC1(CCN(C)CC2(N(C)C)CCC2)CCCCC1. The van der Waals surface area contributed by atoms with E-state index in [2.05, 4.69) is 43.3 Å². The second-order valence-electron chi connectivity index (χ2n) is 7.55. The van der Waals surface area contributed by atoms with Gasteiger partial charge in [-0.15, -0.1) is 0 Å². The number of hydrogen-bond acceptors (Lipinski definition) is 3. The van der Waals surface area contributed by atoms with Crippen molar-refractivity contribution in [2.45, 2.75) is 68.9 Å². The van der Waals surface area contributed by atoms with E-state index in [0.29, 0.717) is 11.1 Å². The van der Waals surface area contributed by atoms with Crippen molar-refractivity contribution < 1.29 is 0 Å². The van der Waals surface area contributed by atoms with Crippen LogP contribution in [0.25, 0.3) is 0 Å². The van der Waals surface area contributed by atoms with Crippen molar-refractivity contribution in [3.05, 3.63) is 0 Å². The Balaban J connectivity index is 1.80. The quantitative estimate of drug-likeness (QED) is 0.774. The molecule has 118 valence electrons. The number of hydrogen-bond donors (Lipinski definition) is 1. The Kier molecular flexibility index (Phi) is 5.49. The molecule has 20 heavy (non-hydrogen) atoms. The molecule has 3 nitrogen and oxygen atoms in total. The van der Waals surface area contributed by atoms with Gasteiger partial charge in [-0.3, -0.25) is 0 Å². The Morgan fingerprint density at radius 1 is 0.900 bits per heavy atom. The molecule has 1 N–H and O–H groups in total. The smallest absolute Gasteiger partial charge is 0.0330 e. The summed E-state index contributed by atoms with van der Waals surface area (Å²) in [5.41, 5.74) is 0.894. The molecule has 2 fully saturated rings. The van der Waals surface area contributed by atoms with Crippen LogP contribution in [0.1, 0.15) is 57.8 Å². The molecular weight excluding hydrogens is 246 g/mol. The van der Waals surface area contributed by atoms with Gasteiger partial charge in [-0.25, -0.2) is 0 Å². The standard InChI is InChI=1S/C17H35N3/c1-18-16(9-6-5-7-10-16)13-14-20(4)15-17(19(2)3)11-8-12-17/h18H,5-15H2,1-4H3. The maximum Gasteiger partial charge on any atom is 0.0330 e. The molecule has 2 rings (SSSR count). The second kappa shape index (κ2) is 6.76. The van der Waals surface area contributed by atoms with Crippen molar-refractivity contribution in [2.75, 3.05) is 41.3 Å². The van der Waals surface area contributed by atoms with Crippen molar-refractivity contribution >= 4 is 0 Å². The van der Waals surface area contributed by atoms with Crippen LogP contribution in [0.4, 0.5) is 0 Å². The number of nitrogens with zero attached hydrogens (tertiary/aromatic N) is 2. The Labute approximate surface area is 126 Å². The van der Waals surface area contributed by atoms with Crippen molar-refractivity contribution in [3.63, 3.8) is 0 Å². The first-order chi connectivity index (χ1) is 9.52. The molecule has 0 spiro atoms. The summed E-state index contributed by atoms with van der Waals surface area (Å²) >= 11 is 0. The van der Waals surface area contributed by atoms with Gasteiger partial charge >= 0.3 is 0 Å². The highest BCUT2D eigenvalue weighted by Gasteiger charge is 2.40. The zero-order valence-corrected chi connectivity index (χ0v) is 14.2. The first-order valence-corrected chi connectivity index (χ1v) is 8.57. The van der Waals surface area contributed by atoms with E-state index >= 15 is 0 Å². The van der Waals surface area contributed by atoms with Gasteiger partial charge in [0.05, 0.1) is 0 Å². The summed E-state index contributed by atoms with van der Waals surface area (Å²) in [6, 6.07) is 0. The van der Waals surface area contributed by atoms with Crippen molar-refractivity contribution in [1.29, 1.82) is 0 Å². The van der Waals surface area contributed by atoms with E-state index in [1.54, 1.807) is 0 Å². The number of rotatable bonds is 7. The van der Waals surface area contributed by atoms with Gasteiger partial charge in [-0.1, -0.05) is 19.3 Å². The summed E-state index contributed by atoms with van der Waals surface area (Å²) in [6.45, 7) is 2.47. The van der Waals surface area contributed by atoms with Gasteiger partial charge in [0, 0.05) is 17.6 Å². The Hall–Kier alpha value is -0.120. The van der Waals surface area contributed by atoms with Gasteiger partial charge in [-0.05, 0) is 73.3 Å². The summed E-state index contributed by atoms with van der Waals surface area (Å²) in [6.07, 6.45) is 12.5. The highest BCUT2D eigenvalue weighted by molar-refractivity contribution is 4.98. The maximum atomic E-state index is 3.65. The van der Waals surface area contributed by atoms with E-state index in [0.717, 1.165) is 0 Å². The fraction of sp³-hybridized carbons (Fsp3) is 1.00. The van der Waals surface area contributed by atoms with E-state index < -0.39 is 0 Å². The van der Waals surface area contributed by atoms with Crippen LogP contribution in [0, 0.1) is 0 Å². The predicted molar refractivity (Wildman–Crippen MR) is 87.3 cm³/mol. The third-order valence-electron chi connectivity index (χ3n) is 6.11. The minimum atomic E-state index is 0.428. The Morgan fingerprint density at radius 3 is 2.00 bits per heavy atom. The van der Waals surface area contributed by atoms with Crippen molar-refractivity contribution in [2.24, 2.45) is 0 Å². The van der Waals surface area contributed by atoms with E-state index in [9.17, 15) is 0 Å². The lowest BCUT2D eigenvalue weighted by molar-refractivity contribution is 0.0248. The van der Waals surface area contributed by atoms with Gasteiger partial charge in [0.1, 0.15) is 0 Å². The molecule has 0 aromatic rings. The Morgan fingerprint density at radius 2 is 1.55 bits per heavy atom. The summed E-state index contributed by atoms with van der Waals surface area (Å²) < 4.78 is 0. The fourth-order valence-electron chi connectivity index (χ4n) is 4.17. The summed E-state index contributed by atoms with van der Waals surface area (Å²) in [5, 5.41) is 3.65. The van der Waals surface area contributed by atoms with Gasteiger partial charge < -0.3 is 15.1 Å². The maximum absolute atomic E-state index is 3.65. The average molecular weight is 281 g/mol. The van der Waals surface area contributed by atoms with E-state index in [-0.39, 0.29) is 0 Å². The largest absolute Gasteiger partial charge is 0.314 e. The van der Waals surface area contributed by atoms with E-state index in [1.807, 2.05) is 0 Å². The van der Waals surface area contributed by atoms with E-state index in [1.165, 1.54) is 70.9 Å². The minimum absolute atomic E-state index is 0.428. The molecule has 0 aromatic heterocycles. The molecule has 0 aliphatic heterocycles. The molecule has 0 heterocycles. The number of nitrogens with one attached hydrogen (secondary N) is 1. The molecule has 2 aliphatic rings. The van der Waals surface area contributed by atoms with Crippen LogP contribution >= 0.6 is 0 Å². The zero-order chi connectivity index (χ0) is 14.6. The van der Waals surface area contributed by atoms with E-state index in [4.69, 9.17) is 0 Å². The molecule has 0 saturated heterocycles. The molecular formula is C17H35N3.